The van der Waals surface area contributed by atoms with Crippen LogP contribution in [0.3, 0.4) is 0 Å². The van der Waals surface area contributed by atoms with Gasteiger partial charge in [0.25, 0.3) is 0 Å². The van der Waals surface area contributed by atoms with Crippen LogP contribution in [0.4, 0.5) is 0 Å². The fourth-order valence-electron chi connectivity index (χ4n) is 2.22. The molecule has 0 aromatic heterocycles. The van der Waals surface area contributed by atoms with Gasteiger partial charge in [-0.05, 0) is 12.8 Å². The summed E-state index contributed by atoms with van der Waals surface area (Å²) in [6.45, 7) is 9.24. The summed E-state index contributed by atoms with van der Waals surface area (Å²) in [5.41, 5.74) is 0. The molecule has 4 nitrogen and oxygen atoms in total. The SMILES string of the molecule is C=CCCC(=O)N1CCN(C(CC)CO)CC1. The zero-order valence-electron chi connectivity index (χ0n) is 10.8. The van der Waals surface area contributed by atoms with Gasteiger partial charge in [0.05, 0.1) is 6.61 Å². The predicted molar refractivity (Wildman–Crippen MR) is 68.7 cm³/mol. The number of hydrogen-bond acceptors (Lipinski definition) is 3. The van der Waals surface area contributed by atoms with Crippen LogP contribution in [0, 0.1) is 0 Å². The lowest BCUT2D eigenvalue weighted by Gasteiger charge is -2.38. The van der Waals surface area contributed by atoms with Gasteiger partial charge in [-0.3, -0.25) is 9.69 Å². The smallest absolute Gasteiger partial charge is 0.222 e. The van der Waals surface area contributed by atoms with E-state index in [1.165, 1.54) is 0 Å². The van der Waals surface area contributed by atoms with Crippen LogP contribution < -0.4 is 0 Å². The Morgan fingerprint density at radius 2 is 2.06 bits per heavy atom. The van der Waals surface area contributed by atoms with E-state index in [4.69, 9.17) is 0 Å². The van der Waals surface area contributed by atoms with Crippen molar-refractivity contribution in [3.05, 3.63) is 12.7 Å². The predicted octanol–water partition coefficient (Wildman–Crippen LogP) is 0.868. The number of carbonyl (C=O) groups is 1. The first-order valence-electron chi connectivity index (χ1n) is 6.46. The van der Waals surface area contributed by atoms with E-state index in [0.717, 1.165) is 39.0 Å². The number of rotatable bonds is 6. The maximum atomic E-state index is 11.8. The van der Waals surface area contributed by atoms with Gasteiger partial charge < -0.3 is 10.0 Å². The van der Waals surface area contributed by atoms with Crippen LogP contribution in [-0.4, -0.2) is 59.6 Å². The van der Waals surface area contributed by atoms with Gasteiger partial charge in [0.15, 0.2) is 0 Å². The van der Waals surface area contributed by atoms with Crippen molar-refractivity contribution in [3.63, 3.8) is 0 Å². The summed E-state index contributed by atoms with van der Waals surface area (Å²) >= 11 is 0. The van der Waals surface area contributed by atoms with Gasteiger partial charge in [0.1, 0.15) is 0 Å². The van der Waals surface area contributed by atoms with Crippen LogP contribution in [-0.2, 0) is 4.79 Å². The summed E-state index contributed by atoms with van der Waals surface area (Å²) in [6, 6.07) is 0.250. The number of piperazine rings is 1. The van der Waals surface area contributed by atoms with E-state index in [-0.39, 0.29) is 18.6 Å². The highest BCUT2D eigenvalue weighted by molar-refractivity contribution is 5.76. The van der Waals surface area contributed by atoms with Crippen molar-refractivity contribution in [1.82, 2.24) is 9.80 Å². The van der Waals surface area contributed by atoms with Crippen LogP contribution in [0.1, 0.15) is 26.2 Å². The van der Waals surface area contributed by atoms with Crippen molar-refractivity contribution in [2.45, 2.75) is 32.2 Å². The molecule has 1 aliphatic heterocycles. The molecule has 1 N–H and O–H groups in total. The molecule has 4 heteroatoms. The molecule has 1 rings (SSSR count). The van der Waals surface area contributed by atoms with E-state index in [9.17, 15) is 9.90 Å². The van der Waals surface area contributed by atoms with E-state index in [1.54, 1.807) is 6.08 Å². The number of aliphatic hydroxyl groups excluding tert-OH is 1. The van der Waals surface area contributed by atoms with Crippen molar-refractivity contribution >= 4 is 5.91 Å². The molecule has 0 saturated carbocycles. The zero-order valence-corrected chi connectivity index (χ0v) is 10.8. The van der Waals surface area contributed by atoms with Gasteiger partial charge in [0, 0.05) is 38.6 Å². The highest BCUT2D eigenvalue weighted by Gasteiger charge is 2.24. The Hall–Kier alpha value is -0.870. The third-order valence-corrected chi connectivity index (χ3v) is 3.43. The molecule has 17 heavy (non-hydrogen) atoms. The quantitative estimate of drug-likeness (QED) is 0.701. The first-order chi connectivity index (χ1) is 8.22. The lowest BCUT2D eigenvalue weighted by Crippen LogP contribution is -2.52. The van der Waals surface area contributed by atoms with Crippen molar-refractivity contribution in [2.75, 3.05) is 32.8 Å². The Bertz CT molecular complexity index is 244. The second-order valence-electron chi connectivity index (χ2n) is 4.49. The summed E-state index contributed by atoms with van der Waals surface area (Å²) in [6.07, 6.45) is 4.07. The number of aliphatic hydroxyl groups is 1. The average Bonchev–Trinajstić information content (AvgIpc) is 2.38. The lowest BCUT2D eigenvalue weighted by molar-refractivity contribution is -0.133. The summed E-state index contributed by atoms with van der Waals surface area (Å²) in [4.78, 5) is 16.0. The molecule has 0 aromatic carbocycles. The second kappa shape index (κ2) is 7.45. The van der Waals surface area contributed by atoms with Gasteiger partial charge in [0.2, 0.25) is 5.91 Å². The highest BCUT2D eigenvalue weighted by atomic mass is 16.3. The fraction of sp³-hybridized carbons (Fsp3) is 0.769. The number of hydrogen-bond donors (Lipinski definition) is 1. The van der Waals surface area contributed by atoms with Crippen molar-refractivity contribution in [2.24, 2.45) is 0 Å². The van der Waals surface area contributed by atoms with Crippen LogP contribution >= 0.6 is 0 Å². The number of allylic oxidation sites excluding steroid dienone is 1. The Morgan fingerprint density at radius 3 is 2.53 bits per heavy atom. The molecule has 1 atom stereocenters. The maximum Gasteiger partial charge on any atom is 0.222 e. The number of carbonyl (C=O) groups excluding carboxylic acids is 1. The zero-order chi connectivity index (χ0) is 12.7. The lowest BCUT2D eigenvalue weighted by atomic mass is 10.1. The largest absolute Gasteiger partial charge is 0.395 e. The van der Waals surface area contributed by atoms with E-state index in [1.807, 2.05) is 4.90 Å². The first kappa shape index (κ1) is 14.2. The topological polar surface area (TPSA) is 43.8 Å². The molecule has 1 fully saturated rings. The Morgan fingerprint density at radius 1 is 1.41 bits per heavy atom. The van der Waals surface area contributed by atoms with Gasteiger partial charge in [-0.25, -0.2) is 0 Å². The average molecular weight is 240 g/mol. The second-order valence-corrected chi connectivity index (χ2v) is 4.49. The molecule has 0 aromatic rings. The van der Waals surface area contributed by atoms with Crippen LogP contribution in [0.15, 0.2) is 12.7 Å². The summed E-state index contributed by atoms with van der Waals surface area (Å²) < 4.78 is 0. The Kier molecular flexibility index (Phi) is 6.22. The van der Waals surface area contributed by atoms with E-state index < -0.39 is 0 Å². The van der Waals surface area contributed by atoms with E-state index in [0.29, 0.717) is 6.42 Å². The normalized spacial score (nSPS) is 19.1. The molecule has 1 amide bonds. The third kappa shape index (κ3) is 4.13. The van der Waals surface area contributed by atoms with Crippen molar-refractivity contribution in [1.29, 1.82) is 0 Å². The molecule has 1 heterocycles. The van der Waals surface area contributed by atoms with Crippen LogP contribution in [0.5, 0.6) is 0 Å². The summed E-state index contributed by atoms with van der Waals surface area (Å²) in [5, 5.41) is 9.24. The monoisotopic (exact) mass is 240 g/mol. The number of nitrogens with zero attached hydrogens (tertiary/aromatic N) is 2. The molecule has 0 aliphatic carbocycles. The summed E-state index contributed by atoms with van der Waals surface area (Å²) in [5.74, 6) is 0.224. The third-order valence-electron chi connectivity index (χ3n) is 3.43. The van der Waals surface area contributed by atoms with Crippen LogP contribution in [0.25, 0.3) is 0 Å². The summed E-state index contributed by atoms with van der Waals surface area (Å²) in [7, 11) is 0. The van der Waals surface area contributed by atoms with Crippen molar-refractivity contribution in [3.8, 4) is 0 Å². The minimum atomic E-state index is 0.209. The van der Waals surface area contributed by atoms with Crippen molar-refractivity contribution < 1.29 is 9.90 Å². The molecule has 1 unspecified atom stereocenters. The number of amides is 1. The molecule has 0 spiro atoms. The minimum absolute atomic E-state index is 0.209. The molecular formula is C13H24N2O2. The van der Waals surface area contributed by atoms with Gasteiger partial charge in [-0.15, -0.1) is 6.58 Å². The molecule has 98 valence electrons. The fourth-order valence-corrected chi connectivity index (χ4v) is 2.22. The Labute approximate surface area is 104 Å². The maximum absolute atomic E-state index is 11.8. The first-order valence-corrected chi connectivity index (χ1v) is 6.46. The Balaban J connectivity index is 2.34. The minimum Gasteiger partial charge on any atom is -0.395 e. The van der Waals surface area contributed by atoms with Gasteiger partial charge in [-0.1, -0.05) is 13.0 Å². The highest BCUT2D eigenvalue weighted by Crippen LogP contribution is 2.10. The molecule has 1 saturated heterocycles. The molecule has 0 bridgehead atoms. The van der Waals surface area contributed by atoms with Gasteiger partial charge in [-0.2, -0.15) is 0 Å². The standard InChI is InChI=1S/C13H24N2O2/c1-3-5-6-13(17)15-9-7-14(8-10-15)12(4-2)11-16/h3,12,16H,1,4-11H2,2H3. The molecule has 1 aliphatic rings. The van der Waals surface area contributed by atoms with Crippen LogP contribution in [0.2, 0.25) is 0 Å². The molecular weight excluding hydrogens is 216 g/mol. The molecule has 0 radical (unpaired) electrons. The van der Waals surface area contributed by atoms with Gasteiger partial charge >= 0.3 is 0 Å². The van der Waals surface area contributed by atoms with E-state index >= 15 is 0 Å². The van der Waals surface area contributed by atoms with E-state index in [2.05, 4.69) is 18.4 Å².